The summed E-state index contributed by atoms with van der Waals surface area (Å²) in [6, 6.07) is 20.4. The summed E-state index contributed by atoms with van der Waals surface area (Å²) >= 11 is 0. The number of fused-ring (bicyclic) bond motifs is 1. The van der Waals surface area contributed by atoms with Crippen molar-refractivity contribution < 1.29 is 14.1 Å². The normalized spacial score (nSPS) is 15.7. The molecule has 4 aromatic rings. The first-order valence-corrected chi connectivity index (χ1v) is 9.98. The zero-order chi connectivity index (χ0) is 21.2. The largest absolute Gasteiger partial charge is 0.472 e. The molecule has 7 nitrogen and oxygen atoms in total. The number of nitrogens with zero attached hydrogens (tertiary/aromatic N) is 4. The first-order valence-electron chi connectivity index (χ1n) is 9.98. The Labute approximate surface area is 178 Å². The lowest BCUT2D eigenvalue weighted by Crippen LogP contribution is -2.31. The molecular weight excluding hydrogens is 392 g/mol. The fourth-order valence-electron chi connectivity index (χ4n) is 3.78. The molecule has 0 saturated carbocycles. The van der Waals surface area contributed by atoms with Crippen molar-refractivity contribution in [2.24, 2.45) is 0 Å². The van der Waals surface area contributed by atoms with Crippen molar-refractivity contribution in [2.45, 2.75) is 12.5 Å². The van der Waals surface area contributed by atoms with Crippen LogP contribution in [0.15, 0.2) is 71.4 Å². The smallest absolute Gasteiger partial charge is 0.254 e. The Hall–Kier alpha value is -4.18. The van der Waals surface area contributed by atoms with E-state index in [1.807, 2.05) is 36.4 Å². The summed E-state index contributed by atoms with van der Waals surface area (Å²) in [6.07, 6.45) is 2.09. The topological polar surface area (TPSA) is 92.2 Å². The average Bonchev–Trinajstić information content (AvgIpc) is 3.46. The Morgan fingerprint density at radius 1 is 1.16 bits per heavy atom. The molecule has 1 unspecified atom stereocenters. The number of aromatic nitrogens is 2. The highest BCUT2D eigenvalue weighted by Crippen LogP contribution is 2.30. The van der Waals surface area contributed by atoms with Crippen LogP contribution in [0, 0.1) is 11.3 Å². The fourth-order valence-corrected chi connectivity index (χ4v) is 3.78. The van der Waals surface area contributed by atoms with Gasteiger partial charge in [0.25, 0.3) is 5.91 Å². The van der Waals surface area contributed by atoms with Crippen molar-refractivity contribution in [2.75, 3.05) is 13.1 Å². The summed E-state index contributed by atoms with van der Waals surface area (Å²) in [5.41, 5.74) is 2.70. The van der Waals surface area contributed by atoms with Gasteiger partial charge < -0.3 is 14.2 Å². The van der Waals surface area contributed by atoms with Crippen LogP contribution in [0.3, 0.4) is 0 Å². The number of carbonyl (C=O) groups excluding carboxylic acids is 1. The van der Waals surface area contributed by atoms with Gasteiger partial charge in [0, 0.05) is 36.4 Å². The van der Waals surface area contributed by atoms with E-state index in [1.165, 1.54) is 0 Å². The molecule has 0 bridgehead atoms. The summed E-state index contributed by atoms with van der Waals surface area (Å²) in [4.78, 5) is 19.0. The maximum absolute atomic E-state index is 13.1. The molecule has 0 radical (unpaired) electrons. The van der Waals surface area contributed by atoms with Crippen molar-refractivity contribution in [3.05, 3.63) is 78.0 Å². The highest BCUT2D eigenvalue weighted by Gasteiger charge is 2.29. The van der Waals surface area contributed by atoms with E-state index in [0.29, 0.717) is 47.8 Å². The molecule has 1 amide bonds. The van der Waals surface area contributed by atoms with E-state index in [1.54, 1.807) is 35.4 Å². The molecule has 2 aromatic heterocycles. The first-order chi connectivity index (χ1) is 15.2. The number of hydrogen-bond donors (Lipinski definition) is 0. The van der Waals surface area contributed by atoms with E-state index in [4.69, 9.17) is 14.5 Å². The third-order valence-corrected chi connectivity index (χ3v) is 5.34. The van der Waals surface area contributed by atoms with Crippen LogP contribution in [0.1, 0.15) is 22.3 Å². The molecule has 31 heavy (non-hydrogen) atoms. The second-order valence-electron chi connectivity index (χ2n) is 7.38. The maximum Gasteiger partial charge on any atom is 0.254 e. The van der Waals surface area contributed by atoms with Gasteiger partial charge in [-0.25, -0.2) is 4.98 Å². The third-order valence-electron chi connectivity index (χ3n) is 5.34. The van der Waals surface area contributed by atoms with E-state index >= 15 is 0 Å². The summed E-state index contributed by atoms with van der Waals surface area (Å²) in [7, 11) is 0. The van der Waals surface area contributed by atoms with Gasteiger partial charge in [0.05, 0.1) is 23.6 Å². The molecule has 1 aliphatic rings. The Bertz CT molecular complexity index is 1290. The predicted molar refractivity (Wildman–Crippen MR) is 113 cm³/mol. The minimum atomic E-state index is -0.162. The lowest BCUT2D eigenvalue weighted by atomic mass is 10.1. The molecule has 7 heteroatoms. The quantitative estimate of drug-likeness (QED) is 0.504. The SMILES string of the molecule is N#Cc1ccnc(OC2CCN(C(=O)c3ccc4noc(-c5ccccc5)c4c3)C2)c1. The van der Waals surface area contributed by atoms with E-state index in [2.05, 4.69) is 16.2 Å². The molecule has 0 N–H and O–H groups in total. The van der Waals surface area contributed by atoms with Gasteiger partial charge in [-0.3, -0.25) is 4.79 Å². The number of hydrogen-bond acceptors (Lipinski definition) is 6. The monoisotopic (exact) mass is 410 g/mol. The van der Waals surface area contributed by atoms with Crippen LogP contribution in [0.2, 0.25) is 0 Å². The number of amides is 1. The Morgan fingerprint density at radius 2 is 2.03 bits per heavy atom. The lowest BCUT2D eigenvalue weighted by Gasteiger charge is -2.17. The highest BCUT2D eigenvalue weighted by molar-refractivity contribution is 6.01. The molecule has 3 heterocycles. The standard InChI is InChI=1S/C24H18N4O3/c25-14-16-8-10-26-22(12-16)30-19-9-11-28(15-19)24(29)18-6-7-21-20(13-18)23(31-27-21)17-4-2-1-3-5-17/h1-8,10,12-13,19H,9,11,15H2. The maximum atomic E-state index is 13.1. The van der Waals surface area contributed by atoms with Gasteiger partial charge in [-0.2, -0.15) is 5.26 Å². The molecule has 0 aliphatic carbocycles. The van der Waals surface area contributed by atoms with Crippen LogP contribution in [-0.4, -0.2) is 40.1 Å². The summed E-state index contributed by atoms with van der Waals surface area (Å²) in [6.45, 7) is 1.05. The number of carbonyl (C=O) groups is 1. The molecule has 1 fully saturated rings. The molecule has 0 spiro atoms. The Morgan fingerprint density at radius 3 is 2.87 bits per heavy atom. The van der Waals surface area contributed by atoms with E-state index in [9.17, 15) is 4.79 Å². The van der Waals surface area contributed by atoms with E-state index in [0.717, 1.165) is 10.9 Å². The number of likely N-dealkylation sites (tertiary alicyclic amines) is 1. The number of pyridine rings is 1. The van der Waals surface area contributed by atoms with Gasteiger partial charge in [-0.1, -0.05) is 35.5 Å². The number of ether oxygens (including phenoxy) is 1. The van der Waals surface area contributed by atoms with E-state index < -0.39 is 0 Å². The zero-order valence-corrected chi connectivity index (χ0v) is 16.6. The molecule has 1 saturated heterocycles. The number of nitriles is 1. The molecule has 5 rings (SSSR count). The van der Waals surface area contributed by atoms with Crippen LogP contribution in [0.4, 0.5) is 0 Å². The van der Waals surface area contributed by atoms with Gasteiger partial charge in [0.2, 0.25) is 5.88 Å². The minimum Gasteiger partial charge on any atom is -0.472 e. The minimum absolute atomic E-state index is 0.0630. The van der Waals surface area contributed by atoms with Crippen molar-refractivity contribution in [1.82, 2.24) is 15.0 Å². The average molecular weight is 410 g/mol. The van der Waals surface area contributed by atoms with Gasteiger partial charge in [0.15, 0.2) is 5.76 Å². The second kappa shape index (κ2) is 7.92. The third kappa shape index (κ3) is 3.71. The van der Waals surface area contributed by atoms with Gasteiger partial charge in [-0.05, 0) is 24.3 Å². The molecule has 1 atom stereocenters. The summed E-state index contributed by atoms with van der Waals surface area (Å²) in [5.74, 6) is 0.986. The Balaban J connectivity index is 1.34. The van der Waals surface area contributed by atoms with Gasteiger partial charge in [0.1, 0.15) is 11.6 Å². The zero-order valence-electron chi connectivity index (χ0n) is 16.6. The van der Waals surface area contributed by atoms with Crippen LogP contribution in [0.5, 0.6) is 5.88 Å². The van der Waals surface area contributed by atoms with Gasteiger partial charge in [-0.15, -0.1) is 0 Å². The lowest BCUT2D eigenvalue weighted by molar-refractivity contribution is 0.0771. The first kappa shape index (κ1) is 18.8. The van der Waals surface area contributed by atoms with Crippen molar-refractivity contribution in [3.63, 3.8) is 0 Å². The Kier molecular flexibility index (Phi) is 4.81. The second-order valence-corrected chi connectivity index (χ2v) is 7.38. The summed E-state index contributed by atoms with van der Waals surface area (Å²) in [5, 5.41) is 13.9. The molecule has 2 aromatic carbocycles. The predicted octanol–water partition coefficient (Wildman–Crippen LogP) is 4.05. The number of rotatable bonds is 4. The molecule has 1 aliphatic heterocycles. The van der Waals surface area contributed by atoms with Crippen LogP contribution >= 0.6 is 0 Å². The highest BCUT2D eigenvalue weighted by atomic mass is 16.5. The molecule has 152 valence electrons. The van der Waals surface area contributed by atoms with Crippen molar-refractivity contribution in [1.29, 1.82) is 5.26 Å². The van der Waals surface area contributed by atoms with Crippen LogP contribution in [0.25, 0.3) is 22.2 Å². The summed E-state index contributed by atoms with van der Waals surface area (Å²) < 4.78 is 11.4. The number of benzene rings is 2. The van der Waals surface area contributed by atoms with Crippen molar-refractivity contribution in [3.8, 4) is 23.3 Å². The van der Waals surface area contributed by atoms with Crippen LogP contribution < -0.4 is 4.74 Å². The van der Waals surface area contributed by atoms with Crippen LogP contribution in [-0.2, 0) is 0 Å². The van der Waals surface area contributed by atoms with Crippen molar-refractivity contribution >= 4 is 16.8 Å². The fraction of sp³-hybridized carbons (Fsp3) is 0.167. The van der Waals surface area contributed by atoms with Gasteiger partial charge >= 0.3 is 0 Å². The molecular formula is C24H18N4O3. The van der Waals surface area contributed by atoms with E-state index in [-0.39, 0.29) is 12.0 Å².